The lowest BCUT2D eigenvalue weighted by Gasteiger charge is -2.13. The standard InChI is InChI=1S/C25H22N2O4S/c1-2-30-24(28)14-13-21-15-20-16-22(31-18-19-9-5-3-6-10-19)17-26-25(20)27(21)32(29)23-11-7-4-8-12-23/h3-17H,2,18H2,1H3/b14-13+. The van der Waals surface area contributed by atoms with Gasteiger partial charge in [-0.15, -0.1) is 3.97 Å². The first-order chi connectivity index (χ1) is 15.7. The maximum atomic E-state index is 13.4. The van der Waals surface area contributed by atoms with E-state index in [1.807, 2.05) is 60.7 Å². The molecule has 0 aliphatic heterocycles. The first kappa shape index (κ1) is 21.7. The molecule has 162 valence electrons. The van der Waals surface area contributed by atoms with E-state index in [9.17, 15) is 9.35 Å². The highest BCUT2D eigenvalue weighted by Crippen LogP contribution is 2.28. The van der Waals surface area contributed by atoms with Gasteiger partial charge in [-0.1, -0.05) is 48.5 Å². The summed E-state index contributed by atoms with van der Waals surface area (Å²) in [4.78, 5) is 17.0. The first-order valence-electron chi connectivity index (χ1n) is 10.2. The second kappa shape index (κ2) is 10.2. The number of benzene rings is 2. The normalized spacial score (nSPS) is 12.2. The summed E-state index contributed by atoms with van der Waals surface area (Å²) in [6.07, 6.45) is 4.52. The number of aromatic nitrogens is 2. The van der Waals surface area contributed by atoms with Crippen molar-refractivity contribution in [2.24, 2.45) is 0 Å². The summed E-state index contributed by atoms with van der Waals surface area (Å²) in [5.74, 6) is 0.138. The van der Waals surface area contributed by atoms with Gasteiger partial charge in [0.2, 0.25) is 0 Å². The lowest BCUT2D eigenvalue weighted by Crippen LogP contribution is -2.15. The van der Waals surface area contributed by atoms with E-state index in [0.29, 0.717) is 28.6 Å². The van der Waals surface area contributed by atoms with E-state index >= 15 is 0 Å². The molecule has 0 spiro atoms. The second-order valence-corrected chi connectivity index (χ2v) is 8.20. The van der Waals surface area contributed by atoms with Crippen LogP contribution in [0.1, 0.15) is 18.2 Å². The maximum absolute atomic E-state index is 13.4. The molecule has 0 bridgehead atoms. The average Bonchev–Trinajstić information content (AvgIpc) is 3.20. The van der Waals surface area contributed by atoms with Crippen LogP contribution in [-0.2, 0) is 27.5 Å². The Labute approximate surface area is 189 Å². The fraction of sp³-hybridized carbons (Fsp3) is 0.120. The number of esters is 1. The van der Waals surface area contributed by atoms with E-state index in [1.54, 1.807) is 35.3 Å². The highest BCUT2D eigenvalue weighted by Gasteiger charge is 2.22. The molecule has 0 aliphatic carbocycles. The topological polar surface area (TPSA) is 76.4 Å². The zero-order valence-corrected chi connectivity index (χ0v) is 18.3. The van der Waals surface area contributed by atoms with Crippen molar-refractivity contribution in [3.8, 4) is 5.75 Å². The fourth-order valence-electron chi connectivity index (χ4n) is 3.17. The van der Waals surface area contributed by atoms with Crippen LogP contribution in [0.5, 0.6) is 5.75 Å². The molecule has 4 aromatic rings. The summed E-state index contributed by atoms with van der Waals surface area (Å²) >= 11 is -1.55. The maximum Gasteiger partial charge on any atom is 0.330 e. The Balaban J connectivity index is 1.69. The lowest BCUT2D eigenvalue weighted by atomic mass is 10.2. The van der Waals surface area contributed by atoms with E-state index in [-0.39, 0.29) is 6.61 Å². The molecule has 4 rings (SSSR count). The quantitative estimate of drug-likeness (QED) is 0.222. The molecule has 1 atom stereocenters. The summed E-state index contributed by atoms with van der Waals surface area (Å²) in [6.45, 7) is 2.44. The van der Waals surface area contributed by atoms with Crippen LogP contribution in [0.2, 0.25) is 0 Å². The van der Waals surface area contributed by atoms with Gasteiger partial charge < -0.3 is 14.0 Å². The smallest absolute Gasteiger partial charge is 0.330 e. The van der Waals surface area contributed by atoms with Crippen molar-refractivity contribution >= 4 is 34.4 Å². The number of ether oxygens (including phenoxy) is 2. The van der Waals surface area contributed by atoms with Crippen molar-refractivity contribution in [2.45, 2.75) is 18.4 Å². The van der Waals surface area contributed by atoms with Gasteiger partial charge in [0.1, 0.15) is 23.7 Å². The Hall–Kier alpha value is -3.55. The van der Waals surface area contributed by atoms with Gasteiger partial charge in [0.15, 0.2) is 10.5 Å². The number of carbonyl (C=O) groups is 1. The van der Waals surface area contributed by atoms with E-state index < -0.39 is 17.3 Å². The monoisotopic (exact) mass is 446 g/mol. The Kier molecular flexibility index (Phi) is 6.89. The van der Waals surface area contributed by atoms with Crippen LogP contribution in [-0.4, -0.2) is 26.1 Å². The molecule has 0 saturated heterocycles. The van der Waals surface area contributed by atoms with Crippen LogP contribution < -0.4 is 4.74 Å². The number of hydrogen-bond acceptors (Lipinski definition) is 5. The van der Waals surface area contributed by atoms with Gasteiger partial charge in [-0.25, -0.2) is 9.78 Å². The molecule has 2 heterocycles. The Bertz CT molecular complexity index is 1220. The molecule has 0 fully saturated rings. The third-order valence-corrected chi connectivity index (χ3v) is 6.03. The molecule has 1 unspecified atom stereocenters. The summed E-state index contributed by atoms with van der Waals surface area (Å²) in [5, 5.41) is 0.753. The second-order valence-electron chi connectivity index (χ2n) is 6.87. The van der Waals surface area contributed by atoms with E-state index in [1.165, 1.54) is 6.08 Å². The van der Waals surface area contributed by atoms with Gasteiger partial charge in [0.05, 0.1) is 18.5 Å². The molecule has 0 aliphatic rings. The van der Waals surface area contributed by atoms with Crippen LogP contribution >= 0.6 is 0 Å². The van der Waals surface area contributed by atoms with Crippen LogP contribution in [0.15, 0.2) is 90.0 Å². The SMILES string of the molecule is CCOC(=O)/C=C/c1cc2cc(OCc3ccccc3)cnc2n1[S+]([O-])c1ccccc1. The third kappa shape index (κ3) is 5.01. The molecule has 7 heteroatoms. The van der Waals surface area contributed by atoms with E-state index in [2.05, 4.69) is 4.98 Å². The molecule has 0 amide bonds. The summed E-state index contributed by atoms with van der Waals surface area (Å²) in [6, 6.07) is 22.6. The van der Waals surface area contributed by atoms with Gasteiger partial charge in [0.25, 0.3) is 0 Å². The molecule has 6 nitrogen and oxygen atoms in total. The minimum absolute atomic E-state index is 0.284. The van der Waals surface area contributed by atoms with Crippen molar-refractivity contribution in [3.05, 3.63) is 96.3 Å². The van der Waals surface area contributed by atoms with E-state index in [0.717, 1.165) is 10.9 Å². The van der Waals surface area contributed by atoms with Crippen LogP contribution in [0.25, 0.3) is 17.1 Å². The summed E-state index contributed by atoms with van der Waals surface area (Å²) < 4.78 is 25.8. The highest BCUT2D eigenvalue weighted by molar-refractivity contribution is 7.90. The summed E-state index contributed by atoms with van der Waals surface area (Å²) in [5.41, 5.74) is 2.15. The van der Waals surface area contributed by atoms with E-state index in [4.69, 9.17) is 9.47 Å². The highest BCUT2D eigenvalue weighted by atomic mass is 32.2. The molecular weight excluding hydrogens is 424 g/mol. The van der Waals surface area contributed by atoms with Crippen molar-refractivity contribution in [1.29, 1.82) is 0 Å². The number of hydrogen-bond donors (Lipinski definition) is 0. The van der Waals surface area contributed by atoms with Gasteiger partial charge in [-0.3, -0.25) is 0 Å². The fourth-order valence-corrected chi connectivity index (χ4v) is 4.38. The van der Waals surface area contributed by atoms with Gasteiger partial charge in [-0.05, 0) is 42.8 Å². The number of rotatable bonds is 8. The number of carbonyl (C=O) groups excluding carboxylic acids is 1. The van der Waals surface area contributed by atoms with Gasteiger partial charge in [0, 0.05) is 11.5 Å². The lowest BCUT2D eigenvalue weighted by molar-refractivity contribution is -0.137. The van der Waals surface area contributed by atoms with Crippen molar-refractivity contribution < 1.29 is 18.8 Å². The number of nitrogens with zero attached hydrogens (tertiary/aromatic N) is 2. The number of pyridine rings is 1. The number of fused-ring (bicyclic) bond motifs is 1. The molecule has 2 aromatic carbocycles. The van der Waals surface area contributed by atoms with Crippen molar-refractivity contribution in [2.75, 3.05) is 6.61 Å². The molecule has 0 radical (unpaired) electrons. The van der Waals surface area contributed by atoms with Gasteiger partial charge >= 0.3 is 5.97 Å². The van der Waals surface area contributed by atoms with Crippen LogP contribution in [0.3, 0.4) is 0 Å². The predicted molar refractivity (Wildman–Crippen MR) is 124 cm³/mol. The average molecular weight is 447 g/mol. The Morgan fingerprint density at radius 3 is 2.53 bits per heavy atom. The summed E-state index contributed by atoms with van der Waals surface area (Å²) in [7, 11) is 0. The molecular formula is C25H22N2O4S. The van der Waals surface area contributed by atoms with Crippen molar-refractivity contribution in [3.63, 3.8) is 0 Å². The Morgan fingerprint density at radius 2 is 1.81 bits per heavy atom. The molecule has 0 saturated carbocycles. The minimum Gasteiger partial charge on any atom is -0.587 e. The largest absolute Gasteiger partial charge is 0.587 e. The third-order valence-electron chi connectivity index (χ3n) is 4.64. The predicted octanol–water partition coefficient (Wildman–Crippen LogP) is 4.76. The minimum atomic E-state index is -1.55. The van der Waals surface area contributed by atoms with Gasteiger partial charge in [-0.2, -0.15) is 0 Å². The first-order valence-corrected chi connectivity index (χ1v) is 11.3. The molecule has 2 aromatic heterocycles. The zero-order valence-electron chi connectivity index (χ0n) is 17.5. The van der Waals surface area contributed by atoms with Crippen LogP contribution in [0, 0.1) is 0 Å². The molecule has 0 N–H and O–H groups in total. The van der Waals surface area contributed by atoms with Crippen LogP contribution in [0.4, 0.5) is 0 Å². The Morgan fingerprint density at radius 1 is 1.09 bits per heavy atom. The zero-order chi connectivity index (χ0) is 22.3. The van der Waals surface area contributed by atoms with Crippen molar-refractivity contribution in [1.82, 2.24) is 8.96 Å². The molecule has 32 heavy (non-hydrogen) atoms.